The molecule has 166 valence electrons. The average Bonchev–Trinajstić information content (AvgIpc) is 2.79. The second-order valence-electron chi connectivity index (χ2n) is 7.16. The first kappa shape index (κ1) is 22.0. The van der Waals surface area contributed by atoms with Crippen molar-refractivity contribution in [2.24, 2.45) is 5.10 Å². The fraction of sp³-hybridized carbons (Fsp3) is 0.238. The first-order chi connectivity index (χ1) is 15.5. The smallest absolute Gasteiger partial charge is 0.250 e. The van der Waals surface area contributed by atoms with Crippen molar-refractivity contribution < 1.29 is 9.50 Å². The Bertz CT molecular complexity index is 1120. The summed E-state index contributed by atoms with van der Waals surface area (Å²) in [5, 5.41) is 17.7. The maximum atomic E-state index is 13.2. The van der Waals surface area contributed by atoms with Crippen LogP contribution in [0.5, 0.6) is 5.75 Å². The summed E-state index contributed by atoms with van der Waals surface area (Å²) < 4.78 is 13.2. The molecular weight excluding hydrogens is 456 g/mol. The normalized spacial score (nSPS) is 14.0. The van der Waals surface area contributed by atoms with Crippen LogP contribution < -0.4 is 15.6 Å². The Morgan fingerprint density at radius 3 is 2.47 bits per heavy atom. The zero-order valence-electron chi connectivity index (χ0n) is 16.9. The number of piperidine rings is 1. The van der Waals surface area contributed by atoms with Crippen LogP contribution in [-0.2, 0) is 0 Å². The van der Waals surface area contributed by atoms with Crippen molar-refractivity contribution in [2.75, 3.05) is 28.7 Å². The lowest BCUT2D eigenvalue weighted by Crippen LogP contribution is -2.31. The van der Waals surface area contributed by atoms with Gasteiger partial charge in [0.25, 0.3) is 0 Å². The molecule has 3 aromatic rings. The van der Waals surface area contributed by atoms with Crippen LogP contribution in [0.25, 0.3) is 0 Å². The van der Waals surface area contributed by atoms with E-state index in [1.165, 1.54) is 36.9 Å². The van der Waals surface area contributed by atoms with E-state index >= 15 is 0 Å². The predicted molar refractivity (Wildman–Crippen MR) is 125 cm³/mol. The molecule has 0 atom stereocenters. The molecular formula is C21H20Cl2FN7O. The Morgan fingerprint density at radius 1 is 1.00 bits per heavy atom. The second-order valence-corrected chi connectivity index (χ2v) is 8.00. The van der Waals surface area contributed by atoms with Gasteiger partial charge in [0.05, 0.1) is 11.2 Å². The molecule has 0 unspecified atom stereocenters. The van der Waals surface area contributed by atoms with Gasteiger partial charge in [-0.05, 0) is 55.7 Å². The van der Waals surface area contributed by atoms with Gasteiger partial charge in [0.15, 0.2) is 0 Å². The first-order valence-electron chi connectivity index (χ1n) is 9.98. The Balaban J connectivity index is 1.59. The van der Waals surface area contributed by atoms with Crippen molar-refractivity contribution >= 4 is 52.9 Å². The van der Waals surface area contributed by atoms with Crippen molar-refractivity contribution in [3.05, 3.63) is 57.8 Å². The third-order valence-corrected chi connectivity index (χ3v) is 5.30. The molecule has 2 aromatic carbocycles. The topological polar surface area (TPSA) is 98.6 Å². The minimum atomic E-state index is -0.332. The second kappa shape index (κ2) is 9.97. The van der Waals surface area contributed by atoms with Gasteiger partial charge < -0.3 is 15.3 Å². The maximum absolute atomic E-state index is 13.2. The highest BCUT2D eigenvalue weighted by Gasteiger charge is 2.16. The van der Waals surface area contributed by atoms with Crippen molar-refractivity contribution in [3.63, 3.8) is 0 Å². The van der Waals surface area contributed by atoms with Crippen LogP contribution >= 0.6 is 23.2 Å². The van der Waals surface area contributed by atoms with E-state index in [4.69, 9.17) is 23.2 Å². The van der Waals surface area contributed by atoms with Gasteiger partial charge in [-0.1, -0.05) is 23.2 Å². The van der Waals surface area contributed by atoms with Crippen LogP contribution in [0.1, 0.15) is 24.8 Å². The summed E-state index contributed by atoms with van der Waals surface area (Å²) in [5.74, 6) is 0.537. The highest BCUT2D eigenvalue weighted by molar-refractivity contribution is 6.36. The van der Waals surface area contributed by atoms with Crippen LogP contribution in [0.3, 0.4) is 0 Å². The number of benzene rings is 2. The molecule has 1 fully saturated rings. The molecule has 11 heteroatoms. The molecule has 0 saturated carbocycles. The summed E-state index contributed by atoms with van der Waals surface area (Å²) in [5.41, 5.74) is 3.73. The molecule has 1 saturated heterocycles. The number of aromatic nitrogens is 3. The lowest BCUT2D eigenvalue weighted by molar-refractivity contribution is 0.475. The molecule has 1 aliphatic rings. The van der Waals surface area contributed by atoms with Gasteiger partial charge in [0.2, 0.25) is 17.8 Å². The number of hydrazone groups is 1. The van der Waals surface area contributed by atoms with Crippen LogP contribution in [0, 0.1) is 5.82 Å². The number of nitrogens with one attached hydrogen (secondary N) is 2. The summed E-state index contributed by atoms with van der Waals surface area (Å²) in [6.07, 6.45) is 4.65. The van der Waals surface area contributed by atoms with E-state index < -0.39 is 0 Å². The molecule has 8 nitrogen and oxygen atoms in total. The first-order valence-corrected chi connectivity index (χ1v) is 10.7. The van der Waals surface area contributed by atoms with Gasteiger partial charge in [-0.25, -0.2) is 9.82 Å². The van der Waals surface area contributed by atoms with Crippen molar-refractivity contribution in [2.45, 2.75) is 19.3 Å². The molecule has 0 amide bonds. The van der Waals surface area contributed by atoms with E-state index in [1.54, 1.807) is 12.1 Å². The Morgan fingerprint density at radius 2 is 1.72 bits per heavy atom. The van der Waals surface area contributed by atoms with Crippen molar-refractivity contribution in [3.8, 4) is 5.75 Å². The number of anilines is 4. The molecule has 0 aliphatic carbocycles. The zero-order chi connectivity index (χ0) is 22.5. The quantitative estimate of drug-likeness (QED) is 0.332. The van der Waals surface area contributed by atoms with Gasteiger partial charge >= 0.3 is 0 Å². The van der Waals surface area contributed by atoms with Crippen molar-refractivity contribution in [1.82, 2.24) is 15.0 Å². The molecule has 3 N–H and O–H groups in total. The Hall–Kier alpha value is -3.17. The molecule has 0 spiro atoms. The van der Waals surface area contributed by atoms with Gasteiger partial charge in [0, 0.05) is 29.4 Å². The van der Waals surface area contributed by atoms with E-state index in [0.29, 0.717) is 28.2 Å². The minimum Gasteiger partial charge on any atom is -0.506 e. The number of aromatic hydroxyl groups is 1. The molecule has 32 heavy (non-hydrogen) atoms. The van der Waals surface area contributed by atoms with Gasteiger partial charge in [-0.2, -0.15) is 20.1 Å². The third kappa shape index (κ3) is 5.54. The SMILES string of the molecule is Oc1c(Cl)cc(Cl)cc1/C=N\Nc1nc(Nc2ccc(F)cc2)nc(N2CCCCC2)n1. The molecule has 2 heterocycles. The lowest BCUT2D eigenvalue weighted by Gasteiger charge is -2.26. The predicted octanol–water partition coefficient (Wildman–Crippen LogP) is 5.20. The number of phenols is 1. The minimum absolute atomic E-state index is 0.122. The van der Waals surface area contributed by atoms with E-state index in [2.05, 4.69) is 35.7 Å². The fourth-order valence-electron chi connectivity index (χ4n) is 3.21. The highest BCUT2D eigenvalue weighted by Crippen LogP contribution is 2.30. The molecule has 0 radical (unpaired) electrons. The van der Waals surface area contributed by atoms with Gasteiger partial charge in [-0.15, -0.1) is 0 Å². The summed E-state index contributed by atoms with van der Waals surface area (Å²) in [7, 11) is 0. The molecule has 1 aromatic heterocycles. The molecule has 4 rings (SSSR count). The Labute approximate surface area is 194 Å². The summed E-state index contributed by atoms with van der Waals surface area (Å²) in [6, 6.07) is 8.85. The number of nitrogens with zero attached hydrogens (tertiary/aromatic N) is 5. The molecule has 0 bridgehead atoms. The standard InChI is InChI=1S/C21H20Cl2FN7O/c22-14-10-13(18(32)17(23)11-14)12-25-30-20-27-19(26-16-6-4-15(24)5-7-16)28-21(29-20)31-8-2-1-3-9-31/h4-7,10-12,32H,1-3,8-9H2,(H2,26,27,28,29,30)/b25-12-. The van der Waals surface area contributed by atoms with E-state index in [0.717, 1.165) is 25.9 Å². The number of hydrogen-bond acceptors (Lipinski definition) is 8. The largest absolute Gasteiger partial charge is 0.506 e. The maximum Gasteiger partial charge on any atom is 0.250 e. The van der Waals surface area contributed by atoms with Crippen LogP contribution in [0.2, 0.25) is 10.0 Å². The third-order valence-electron chi connectivity index (χ3n) is 4.79. The van der Waals surface area contributed by atoms with E-state index in [9.17, 15) is 9.50 Å². The number of rotatable bonds is 6. The Kier molecular flexibility index (Phi) is 6.87. The van der Waals surface area contributed by atoms with Gasteiger partial charge in [-0.3, -0.25) is 0 Å². The number of hydrogen-bond donors (Lipinski definition) is 3. The summed E-state index contributed by atoms with van der Waals surface area (Å²) in [4.78, 5) is 15.4. The lowest BCUT2D eigenvalue weighted by atomic mass is 10.1. The van der Waals surface area contributed by atoms with Crippen LogP contribution in [0.15, 0.2) is 41.5 Å². The van der Waals surface area contributed by atoms with E-state index in [1.807, 2.05) is 0 Å². The number of phenolic OH excluding ortho intramolecular Hbond substituents is 1. The average molecular weight is 476 g/mol. The van der Waals surface area contributed by atoms with E-state index in [-0.39, 0.29) is 22.5 Å². The fourth-order valence-corrected chi connectivity index (χ4v) is 3.72. The van der Waals surface area contributed by atoms with Gasteiger partial charge in [0.1, 0.15) is 11.6 Å². The van der Waals surface area contributed by atoms with Crippen LogP contribution in [-0.4, -0.2) is 39.4 Å². The summed E-state index contributed by atoms with van der Waals surface area (Å²) in [6.45, 7) is 1.69. The zero-order valence-corrected chi connectivity index (χ0v) is 18.4. The summed E-state index contributed by atoms with van der Waals surface area (Å²) >= 11 is 11.9. The highest BCUT2D eigenvalue weighted by atomic mass is 35.5. The molecule has 1 aliphatic heterocycles. The number of halogens is 3. The monoisotopic (exact) mass is 475 g/mol. The van der Waals surface area contributed by atoms with Crippen LogP contribution in [0.4, 0.5) is 27.9 Å². The van der Waals surface area contributed by atoms with Crippen molar-refractivity contribution in [1.29, 1.82) is 0 Å².